The summed E-state index contributed by atoms with van der Waals surface area (Å²) in [6.45, 7) is 2.34. The van der Waals surface area contributed by atoms with Crippen LogP contribution in [0.15, 0.2) is 47.3 Å². The van der Waals surface area contributed by atoms with Gasteiger partial charge in [-0.2, -0.15) is 0 Å². The summed E-state index contributed by atoms with van der Waals surface area (Å²) in [5.74, 6) is 2.07. The van der Waals surface area contributed by atoms with Gasteiger partial charge in [0.15, 0.2) is 5.82 Å². The third kappa shape index (κ3) is 2.56. The highest BCUT2D eigenvalue weighted by molar-refractivity contribution is 5.95. The SMILES string of the molecule is Cc1nc(-c2ccncc2)nc2c1CCC(=O)N2Cc1ccco1. The van der Waals surface area contributed by atoms with E-state index in [4.69, 9.17) is 4.42 Å². The van der Waals surface area contributed by atoms with Crippen LogP contribution in [0.1, 0.15) is 23.4 Å². The van der Waals surface area contributed by atoms with Crippen molar-refractivity contribution in [1.29, 1.82) is 0 Å². The first-order chi connectivity index (χ1) is 11.7. The van der Waals surface area contributed by atoms with Crippen molar-refractivity contribution in [2.24, 2.45) is 0 Å². The van der Waals surface area contributed by atoms with Crippen molar-refractivity contribution in [3.8, 4) is 11.4 Å². The van der Waals surface area contributed by atoms with Crippen LogP contribution in [0.3, 0.4) is 0 Å². The fourth-order valence-electron chi connectivity index (χ4n) is 2.93. The Morgan fingerprint density at radius 3 is 2.75 bits per heavy atom. The van der Waals surface area contributed by atoms with Gasteiger partial charge in [-0.3, -0.25) is 14.7 Å². The maximum atomic E-state index is 12.5. The summed E-state index contributed by atoms with van der Waals surface area (Å²) in [4.78, 5) is 27.5. The molecule has 0 aliphatic carbocycles. The third-order valence-electron chi connectivity index (χ3n) is 4.17. The van der Waals surface area contributed by atoms with Crippen LogP contribution in [-0.4, -0.2) is 20.9 Å². The Hall–Kier alpha value is -3.02. The van der Waals surface area contributed by atoms with Crippen LogP contribution in [0.4, 0.5) is 5.82 Å². The van der Waals surface area contributed by atoms with Crippen LogP contribution in [0, 0.1) is 6.92 Å². The first-order valence-electron chi connectivity index (χ1n) is 7.83. The third-order valence-corrected chi connectivity index (χ3v) is 4.17. The Labute approximate surface area is 139 Å². The normalized spacial score (nSPS) is 13.9. The number of fused-ring (bicyclic) bond motifs is 1. The Bertz CT molecular complexity index is 876. The molecule has 0 N–H and O–H groups in total. The number of aryl methyl sites for hydroxylation is 1. The lowest BCUT2D eigenvalue weighted by Gasteiger charge is -2.28. The van der Waals surface area contributed by atoms with Gasteiger partial charge in [-0.25, -0.2) is 9.97 Å². The minimum Gasteiger partial charge on any atom is -0.467 e. The fraction of sp³-hybridized carbons (Fsp3) is 0.222. The zero-order valence-corrected chi connectivity index (χ0v) is 13.3. The molecule has 0 spiro atoms. The molecular formula is C18H16N4O2. The second-order valence-corrected chi connectivity index (χ2v) is 5.73. The van der Waals surface area contributed by atoms with Crippen LogP contribution < -0.4 is 4.90 Å². The number of amides is 1. The smallest absolute Gasteiger partial charge is 0.228 e. The van der Waals surface area contributed by atoms with Crippen LogP contribution in [0.5, 0.6) is 0 Å². The average molecular weight is 320 g/mol. The zero-order chi connectivity index (χ0) is 16.5. The van der Waals surface area contributed by atoms with E-state index in [9.17, 15) is 4.79 Å². The molecule has 6 nitrogen and oxygen atoms in total. The van der Waals surface area contributed by atoms with E-state index in [1.807, 2.05) is 31.2 Å². The average Bonchev–Trinajstić information content (AvgIpc) is 3.11. The molecule has 1 aliphatic heterocycles. The van der Waals surface area contributed by atoms with Gasteiger partial charge in [0.2, 0.25) is 5.91 Å². The molecule has 0 radical (unpaired) electrons. The topological polar surface area (TPSA) is 72.1 Å². The second-order valence-electron chi connectivity index (χ2n) is 5.73. The molecule has 0 fully saturated rings. The molecule has 0 aromatic carbocycles. The number of hydrogen-bond donors (Lipinski definition) is 0. The van der Waals surface area contributed by atoms with Crippen molar-refractivity contribution in [2.75, 3.05) is 4.90 Å². The molecule has 3 aromatic heterocycles. The van der Waals surface area contributed by atoms with E-state index < -0.39 is 0 Å². The minimum absolute atomic E-state index is 0.0534. The number of nitrogens with zero attached hydrogens (tertiary/aromatic N) is 4. The Kier molecular flexibility index (Phi) is 3.57. The quantitative estimate of drug-likeness (QED) is 0.742. The molecule has 120 valence electrons. The predicted molar refractivity (Wildman–Crippen MR) is 88.2 cm³/mol. The maximum Gasteiger partial charge on any atom is 0.228 e. The van der Waals surface area contributed by atoms with Gasteiger partial charge in [-0.05, 0) is 37.6 Å². The fourth-order valence-corrected chi connectivity index (χ4v) is 2.93. The van der Waals surface area contributed by atoms with Crippen molar-refractivity contribution in [3.05, 3.63) is 59.9 Å². The molecule has 0 unspecified atom stereocenters. The summed E-state index contributed by atoms with van der Waals surface area (Å²) < 4.78 is 5.40. The molecule has 6 heteroatoms. The first-order valence-corrected chi connectivity index (χ1v) is 7.83. The number of furan rings is 1. The van der Waals surface area contributed by atoms with Crippen molar-refractivity contribution >= 4 is 11.7 Å². The summed E-state index contributed by atoms with van der Waals surface area (Å²) in [7, 11) is 0. The molecule has 3 aromatic rings. The lowest BCUT2D eigenvalue weighted by molar-refractivity contribution is -0.119. The van der Waals surface area contributed by atoms with E-state index in [1.54, 1.807) is 23.6 Å². The van der Waals surface area contributed by atoms with E-state index in [-0.39, 0.29) is 5.91 Å². The van der Waals surface area contributed by atoms with Gasteiger partial charge >= 0.3 is 0 Å². The van der Waals surface area contributed by atoms with Crippen molar-refractivity contribution in [3.63, 3.8) is 0 Å². The maximum absolute atomic E-state index is 12.5. The van der Waals surface area contributed by atoms with E-state index in [1.165, 1.54) is 0 Å². The highest BCUT2D eigenvalue weighted by Crippen LogP contribution is 2.31. The minimum atomic E-state index is 0.0534. The molecule has 0 saturated heterocycles. The summed E-state index contributed by atoms with van der Waals surface area (Å²) in [6.07, 6.45) is 6.16. The second kappa shape index (κ2) is 5.88. The number of carbonyl (C=O) groups is 1. The van der Waals surface area contributed by atoms with Gasteiger partial charge in [-0.15, -0.1) is 0 Å². The van der Waals surface area contributed by atoms with Crippen LogP contribution in [0.2, 0.25) is 0 Å². The Balaban J connectivity index is 1.80. The molecule has 4 heterocycles. The number of rotatable bonds is 3. The van der Waals surface area contributed by atoms with Gasteiger partial charge < -0.3 is 4.42 Å². The largest absolute Gasteiger partial charge is 0.467 e. The number of anilines is 1. The van der Waals surface area contributed by atoms with E-state index >= 15 is 0 Å². The lowest BCUT2D eigenvalue weighted by Crippen LogP contribution is -2.36. The summed E-state index contributed by atoms with van der Waals surface area (Å²) >= 11 is 0. The molecule has 0 saturated carbocycles. The molecule has 1 amide bonds. The van der Waals surface area contributed by atoms with Crippen molar-refractivity contribution < 1.29 is 9.21 Å². The van der Waals surface area contributed by atoms with Gasteiger partial charge in [0.1, 0.15) is 11.6 Å². The van der Waals surface area contributed by atoms with E-state index in [0.29, 0.717) is 31.0 Å². The molecular weight excluding hydrogens is 304 g/mol. The predicted octanol–water partition coefficient (Wildman–Crippen LogP) is 2.92. The van der Waals surface area contributed by atoms with Crippen LogP contribution in [-0.2, 0) is 17.8 Å². The molecule has 4 rings (SSSR count). The van der Waals surface area contributed by atoms with Gasteiger partial charge in [-0.1, -0.05) is 0 Å². The number of carbonyl (C=O) groups excluding carboxylic acids is 1. The van der Waals surface area contributed by atoms with Gasteiger partial charge in [0.05, 0.1) is 12.8 Å². The van der Waals surface area contributed by atoms with E-state index in [0.717, 1.165) is 22.6 Å². The van der Waals surface area contributed by atoms with Crippen LogP contribution in [0.25, 0.3) is 11.4 Å². The number of aromatic nitrogens is 3. The van der Waals surface area contributed by atoms with Crippen molar-refractivity contribution in [1.82, 2.24) is 15.0 Å². The lowest BCUT2D eigenvalue weighted by atomic mass is 10.0. The monoisotopic (exact) mass is 320 g/mol. The zero-order valence-electron chi connectivity index (χ0n) is 13.3. The molecule has 0 atom stereocenters. The van der Waals surface area contributed by atoms with Crippen molar-refractivity contribution in [2.45, 2.75) is 26.3 Å². The molecule has 1 aliphatic rings. The standard InChI is InChI=1S/C18H16N4O2/c1-12-15-4-5-16(23)22(11-14-3-2-10-24-14)18(15)21-17(20-12)13-6-8-19-9-7-13/h2-3,6-10H,4-5,11H2,1H3. The first kappa shape index (κ1) is 14.6. The number of pyridine rings is 1. The summed E-state index contributed by atoms with van der Waals surface area (Å²) in [5, 5.41) is 0. The Morgan fingerprint density at radius 2 is 2.00 bits per heavy atom. The number of hydrogen-bond acceptors (Lipinski definition) is 5. The highest BCUT2D eigenvalue weighted by atomic mass is 16.3. The highest BCUT2D eigenvalue weighted by Gasteiger charge is 2.28. The van der Waals surface area contributed by atoms with Gasteiger partial charge in [0.25, 0.3) is 0 Å². The van der Waals surface area contributed by atoms with Crippen LogP contribution >= 0.6 is 0 Å². The molecule has 0 bridgehead atoms. The molecule has 24 heavy (non-hydrogen) atoms. The van der Waals surface area contributed by atoms with E-state index in [2.05, 4.69) is 15.0 Å². The van der Waals surface area contributed by atoms with Gasteiger partial charge in [0, 0.05) is 35.6 Å². The summed E-state index contributed by atoms with van der Waals surface area (Å²) in [6, 6.07) is 7.41. The Morgan fingerprint density at radius 1 is 1.17 bits per heavy atom. The summed E-state index contributed by atoms with van der Waals surface area (Å²) in [5.41, 5.74) is 2.81.